The van der Waals surface area contributed by atoms with Crippen LogP contribution in [0.1, 0.15) is 0 Å². The molecule has 0 N–H and O–H groups in total. The highest BCUT2D eigenvalue weighted by molar-refractivity contribution is 6.22. The van der Waals surface area contributed by atoms with Gasteiger partial charge in [0.15, 0.2) is 0 Å². The van der Waals surface area contributed by atoms with Crippen LogP contribution in [0.25, 0.3) is 88.3 Å². The maximum absolute atomic E-state index is 6.39. The summed E-state index contributed by atoms with van der Waals surface area (Å²) in [4.78, 5) is 2.34. The molecular weight excluding hydrogens is 703 g/mol. The van der Waals surface area contributed by atoms with E-state index < -0.39 is 0 Å². The van der Waals surface area contributed by atoms with E-state index in [1.165, 1.54) is 66.1 Å². The van der Waals surface area contributed by atoms with Crippen LogP contribution in [-0.2, 0) is 0 Å². The minimum Gasteiger partial charge on any atom is -0.456 e. The fourth-order valence-corrected chi connectivity index (χ4v) is 8.49. The molecule has 0 unspecified atom stereocenters. The Labute approximate surface area is 337 Å². The zero-order chi connectivity index (χ0) is 38.4. The van der Waals surface area contributed by atoms with E-state index in [0.717, 1.165) is 39.4 Å². The van der Waals surface area contributed by atoms with Gasteiger partial charge in [0.05, 0.1) is 0 Å². The Balaban J connectivity index is 0.960. The Bertz CT molecular complexity index is 3050. The van der Waals surface area contributed by atoms with Gasteiger partial charge in [-0.15, -0.1) is 0 Å². The van der Waals surface area contributed by atoms with Crippen molar-refractivity contribution in [3.05, 3.63) is 224 Å². The Hall–Kier alpha value is -7.68. The van der Waals surface area contributed by atoms with Crippen molar-refractivity contribution in [1.29, 1.82) is 0 Å². The highest BCUT2D eigenvalue weighted by Crippen LogP contribution is 2.41. The van der Waals surface area contributed by atoms with E-state index >= 15 is 0 Å². The van der Waals surface area contributed by atoms with Crippen molar-refractivity contribution in [1.82, 2.24) is 0 Å². The Kier molecular flexibility index (Phi) is 8.19. The van der Waals surface area contributed by atoms with Crippen molar-refractivity contribution >= 4 is 49.8 Å². The van der Waals surface area contributed by atoms with Crippen molar-refractivity contribution < 1.29 is 4.42 Å². The van der Waals surface area contributed by atoms with E-state index in [1.54, 1.807) is 0 Å². The van der Waals surface area contributed by atoms with Crippen molar-refractivity contribution in [2.75, 3.05) is 4.90 Å². The highest BCUT2D eigenvalue weighted by Gasteiger charge is 2.17. The summed E-state index contributed by atoms with van der Waals surface area (Å²) in [6.07, 6.45) is 0. The molecule has 0 aliphatic rings. The van der Waals surface area contributed by atoms with Crippen LogP contribution in [0.4, 0.5) is 17.1 Å². The number of furan rings is 1. The van der Waals surface area contributed by atoms with Crippen LogP contribution in [-0.4, -0.2) is 0 Å². The topological polar surface area (TPSA) is 16.4 Å². The third kappa shape index (κ3) is 6.09. The van der Waals surface area contributed by atoms with Crippen LogP contribution in [0.3, 0.4) is 0 Å². The van der Waals surface area contributed by atoms with Gasteiger partial charge in [-0.25, -0.2) is 0 Å². The maximum atomic E-state index is 6.39. The quantitative estimate of drug-likeness (QED) is 0.144. The first-order valence-corrected chi connectivity index (χ1v) is 19.8. The number of anilines is 3. The summed E-state index contributed by atoms with van der Waals surface area (Å²) in [6.45, 7) is 0. The minimum absolute atomic E-state index is 0.925. The molecular formula is C56H37NO. The molecule has 272 valence electrons. The minimum atomic E-state index is 0.925. The van der Waals surface area contributed by atoms with Gasteiger partial charge in [-0.2, -0.15) is 0 Å². The molecule has 2 nitrogen and oxygen atoms in total. The van der Waals surface area contributed by atoms with E-state index in [2.05, 4.69) is 229 Å². The van der Waals surface area contributed by atoms with Crippen molar-refractivity contribution in [2.45, 2.75) is 0 Å². The van der Waals surface area contributed by atoms with Gasteiger partial charge in [0.25, 0.3) is 0 Å². The van der Waals surface area contributed by atoms with Crippen LogP contribution >= 0.6 is 0 Å². The van der Waals surface area contributed by atoms with Crippen LogP contribution in [0.15, 0.2) is 229 Å². The fraction of sp³-hybridized carbons (Fsp3) is 0. The van der Waals surface area contributed by atoms with Gasteiger partial charge < -0.3 is 9.32 Å². The monoisotopic (exact) mass is 739 g/mol. The van der Waals surface area contributed by atoms with E-state index in [9.17, 15) is 0 Å². The molecule has 0 atom stereocenters. The molecule has 11 rings (SSSR count). The summed E-state index contributed by atoms with van der Waals surface area (Å²) in [5, 5.41) is 4.81. The largest absolute Gasteiger partial charge is 0.456 e. The molecule has 11 aromatic rings. The fourth-order valence-electron chi connectivity index (χ4n) is 8.49. The number of hydrogen-bond acceptors (Lipinski definition) is 2. The third-order valence-corrected chi connectivity index (χ3v) is 11.4. The van der Waals surface area contributed by atoms with Crippen molar-refractivity contribution in [3.63, 3.8) is 0 Å². The zero-order valence-electron chi connectivity index (χ0n) is 31.7. The summed E-state index contributed by atoms with van der Waals surface area (Å²) in [5.41, 5.74) is 17.0. The lowest BCUT2D eigenvalue weighted by Gasteiger charge is -2.26. The molecule has 0 amide bonds. The summed E-state index contributed by atoms with van der Waals surface area (Å²) >= 11 is 0. The molecule has 0 saturated carbocycles. The van der Waals surface area contributed by atoms with Crippen LogP contribution in [0.5, 0.6) is 0 Å². The van der Waals surface area contributed by atoms with Crippen LogP contribution in [0.2, 0.25) is 0 Å². The molecule has 0 saturated heterocycles. The second-order valence-corrected chi connectivity index (χ2v) is 15.0. The molecule has 1 aromatic heterocycles. The third-order valence-electron chi connectivity index (χ3n) is 11.4. The summed E-state index contributed by atoms with van der Waals surface area (Å²) < 4.78 is 6.39. The van der Waals surface area contributed by atoms with Crippen molar-refractivity contribution in [2.24, 2.45) is 0 Å². The second-order valence-electron chi connectivity index (χ2n) is 15.0. The van der Waals surface area contributed by atoms with Gasteiger partial charge in [0.2, 0.25) is 0 Å². The van der Waals surface area contributed by atoms with Gasteiger partial charge in [-0.3, -0.25) is 0 Å². The molecule has 0 fully saturated rings. The molecule has 0 aliphatic carbocycles. The number of benzene rings is 10. The smallest absolute Gasteiger partial charge is 0.136 e. The Morgan fingerprint density at radius 2 is 0.638 bits per heavy atom. The van der Waals surface area contributed by atoms with Crippen molar-refractivity contribution in [3.8, 4) is 55.6 Å². The molecule has 0 bridgehead atoms. The molecule has 0 radical (unpaired) electrons. The van der Waals surface area contributed by atoms with Gasteiger partial charge in [0, 0.05) is 27.8 Å². The lowest BCUT2D eigenvalue weighted by molar-refractivity contribution is 0.669. The normalized spacial score (nSPS) is 11.4. The standard InChI is InChI=1S/C56H37NO/c1-3-10-38(11-4-1)44-15-7-17-46(34-44)40-22-28-50(29-23-40)57(51-30-24-41(25-31-51)47-18-8-16-45(35-47)39-12-5-2-6-13-39)52-32-26-42(27-33-52)49-36-48-21-20-43-14-9-19-53-55(43)56(48)54(37-49)58-53/h1-37H. The van der Waals surface area contributed by atoms with Gasteiger partial charge in [-0.05, 0) is 133 Å². The van der Waals surface area contributed by atoms with E-state index in [-0.39, 0.29) is 0 Å². The predicted octanol–water partition coefficient (Wildman–Crippen LogP) is 16.0. The Morgan fingerprint density at radius 3 is 1.14 bits per heavy atom. The molecule has 0 aliphatic heterocycles. The lowest BCUT2D eigenvalue weighted by atomic mass is 9.97. The average Bonchev–Trinajstić information content (AvgIpc) is 3.69. The first-order valence-electron chi connectivity index (χ1n) is 19.8. The number of rotatable bonds is 8. The van der Waals surface area contributed by atoms with Gasteiger partial charge in [-0.1, -0.05) is 158 Å². The summed E-state index contributed by atoms with van der Waals surface area (Å²) in [5.74, 6) is 0. The molecule has 58 heavy (non-hydrogen) atoms. The first-order chi connectivity index (χ1) is 28.7. The SMILES string of the molecule is c1ccc(-c2cccc(-c3ccc(N(c4ccc(-c5cccc(-c6ccccc6)c5)cc4)c4ccc(-c5cc6ccc7cccc8oc(c5)c6c78)cc4)cc3)c2)cc1. The number of hydrogen-bond donors (Lipinski definition) is 0. The van der Waals surface area contributed by atoms with Gasteiger partial charge in [0.1, 0.15) is 11.2 Å². The van der Waals surface area contributed by atoms with Gasteiger partial charge >= 0.3 is 0 Å². The lowest BCUT2D eigenvalue weighted by Crippen LogP contribution is -2.09. The molecule has 2 heteroatoms. The Morgan fingerprint density at radius 1 is 0.241 bits per heavy atom. The van der Waals surface area contributed by atoms with E-state index in [1.807, 2.05) is 0 Å². The highest BCUT2D eigenvalue weighted by atomic mass is 16.3. The molecule has 1 heterocycles. The second kappa shape index (κ2) is 14.1. The number of nitrogens with zero attached hydrogens (tertiary/aromatic N) is 1. The maximum Gasteiger partial charge on any atom is 0.136 e. The van der Waals surface area contributed by atoms with E-state index in [4.69, 9.17) is 4.42 Å². The van der Waals surface area contributed by atoms with Crippen LogP contribution in [0, 0.1) is 0 Å². The van der Waals surface area contributed by atoms with Crippen LogP contribution < -0.4 is 4.90 Å². The van der Waals surface area contributed by atoms with E-state index in [0.29, 0.717) is 0 Å². The molecule has 10 aromatic carbocycles. The average molecular weight is 740 g/mol. The molecule has 0 spiro atoms. The zero-order valence-corrected chi connectivity index (χ0v) is 31.7. The predicted molar refractivity (Wildman–Crippen MR) is 244 cm³/mol. The summed E-state index contributed by atoms with van der Waals surface area (Å²) in [7, 11) is 0. The first kappa shape index (κ1) is 33.6. The summed E-state index contributed by atoms with van der Waals surface area (Å²) in [6, 6.07) is 80.6.